The molecule has 2 aliphatic rings. The van der Waals surface area contributed by atoms with Crippen LogP contribution in [0.3, 0.4) is 0 Å². The van der Waals surface area contributed by atoms with E-state index in [4.69, 9.17) is 0 Å². The Kier molecular flexibility index (Phi) is 3.50. The van der Waals surface area contributed by atoms with Crippen LogP contribution in [0, 0.1) is 17.7 Å². The maximum atomic E-state index is 13.4. The monoisotopic (exact) mass is 295 g/mol. The molecule has 1 N–H and O–H groups in total. The van der Waals surface area contributed by atoms with E-state index in [9.17, 15) is 4.39 Å². The molecule has 0 heterocycles. The number of hydrogen-bond acceptors (Lipinski definition) is 1. The minimum absolute atomic E-state index is 0.161. The molecule has 0 amide bonds. The topological polar surface area (TPSA) is 12.0 Å². The van der Waals surface area contributed by atoms with E-state index in [2.05, 4.69) is 23.5 Å². The highest BCUT2D eigenvalue weighted by Gasteiger charge is 2.34. The Hall–Kier alpha value is -1.67. The number of fused-ring (bicyclic) bond motifs is 3. The van der Waals surface area contributed by atoms with Gasteiger partial charge >= 0.3 is 0 Å². The van der Waals surface area contributed by atoms with E-state index in [0.717, 1.165) is 29.2 Å². The Morgan fingerprint density at radius 3 is 2.77 bits per heavy atom. The highest BCUT2D eigenvalue weighted by Crippen LogP contribution is 2.49. The fraction of sp³-hybridized carbons (Fsp3) is 0.400. The summed E-state index contributed by atoms with van der Waals surface area (Å²) in [7, 11) is 2.03. The zero-order valence-electron chi connectivity index (χ0n) is 13.0. The van der Waals surface area contributed by atoms with Crippen molar-refractivity contribution in [3.05, 3.63) is 53.4 Å². The molecule has 4 rings (SSSR count). The summed E-state index contributed by atoms with van der Waals surface area (Å²) in [5, 5.41) is 5.46. The molecule has 2 aromatic carbocycles. The first kappa shape index (κ1) is 14.0. The quantitative estimate of drug-likeness (QED) is 0.860. The average molecular weight is 295 g/mol. The van der Waals surface area contributed by atoms with Gasteiger partial charge in [-0.25, -0.2) is 4.39 Å². The standard InChI is InChI=1S/C20H22FN/c1-22-12-18-9-13-2-3-16(8-13)20(18)17-5-4-15-11-19(21)7-6-14(15)10-17/h4-7,10-11,13,16,22H,2-3,8-9,12H2,1H3/t13-,16-/m1/s1. The minimum Gasteiger partial charge on any atom is -0.316 e. The van der Waals surface area contributed by atoms with E-state index in [0.29, 0.717) is 0 Å². The smallest absolute Gasteiger partial charge is 0.123 e. The van der Waals surface area contributed by atoms with Crippen molar-refractivity contribution in [3.63, 3.8) is 0 Å². The lowest BCUT2D eigenvalue weighted by atomic mass is 9.79. The predicted molar refractivity (Wildman–Crippen MR) is 90.2 cm³/mol. The van der Waals surface area contributed by atoms with Gasteiger partial charge in [-0.15, -0.1) is 0 Å². The molecule has 0 aromatic heterocycles. The van der Waals surface area contributed by atoms with Crippen LogP contribution >= 0.6 is 0 Å². The van der Waals surface area contributed by atoms with Crippen LogP contribution in [0.4, 0.5) is 4.39 Å². The second-order valence-corrected chi connectivity index (χ2v) is 6.83. The zero-order chi connectivity index (χ0) is 15.1. The molecule has 2 atom stereocenters. The molecular formula is C20H22FN. The Morgan fingerprint density at radius 2 is 1.91 bits per heavy atom. The van der Waals surface area contributed by atoms with Gasteiger partial charge in [-0.1, -0.05) is 23.8 Å². The third-order valence-corrected chi connectivity index (χ3v) is 5.37. The maximum Gasteiger partial charge on any atom is 0.123 e. The predicted octanol–water partition coefficient (Wildman–Crippen LogP) is 4.77. The third-order valence-electron chi connectivity index (χ3n) is 5.37. The molecule has 0 spiro atoms. The van der Waals surface area contributed by atoms with Gasteiger partial charge in [-0.2, -0.15) is 0 Å². The maximum absolute atomic E-state index is 13.4. The van der Waals surface area contributed by atoms with Gasteiger partial charge in [0.2, 0.25) is 0 Å². The minimum atomic E-state index is -0.161. The molecule has 2 aliphatic carbocycles. The molecule has 0 saturated heterocycles. The van der Waals surface area contributed by atoms with E-state index in [1.807, 2.05) is 13.1 Å². The highest BCUT2D eigenvalue weighted by molar-refractivity contribution is 5.87. The molecule has 1 nitrogen and oxygen atoms in total. The largest absolute Gasteiger partial charge is 0.316 e. The summed E-state index contributed by atoms with van der Waals surface area (Å²) in [6.07, 6.45) is 5.30. The molecule has 2 aromatic rings. The van der Waals surface area contributed by atoms with Crippen molar-refractivity contribution in [2.45, 2.75) is 25.7 Å². The Morgan fingerprint density at radius 1 is 1.09 bits per heavy atom. The summed E-state index contributed by atoms with van der Waals surface area (Å²) in [6, 6.07) is 11.6. The zero-order valence-corrected chi connectivity index (χ0v) is 13.0. The second-order valence-electron chi connectivity index (χ2n) is 6.83. The molecule has 1 saturated carbocycles. The van der Waals surface area contributed by atoms with Crippen molar-refractivity contribution in [2.75, 3.05) is 13.6 Å². The van der Waals surface area contributed by atoms with E-state index in [1.165, 1.54) is 31.2 Å². The van der Waals surface area contributed by atoms with Crippen molar-refractivity contribution < 1.29 is 4.39 Å². The molecule has 1 fully saturated rings. The van der Waals surface area contributed by atoms with E-state index in [-0.39, 0.29) is 5.82 Å². The lowest BCUT2D eigenvalue weighted by molar-refractivity contribution is 0.502. The van der Waals surface area contributed by atoms with Crippen LogP contribution in [-0.4, -0.2) is 13.6 Å². The van der Waals surface area contributed by atoms with Gasteiger partial charge in [0.1, 0.15) is 5.82 Å². The number of hydrogen-bond donors (Lipinski definition) is 1. The number of likely N-dealkylation sites (N-methyl/N-ethyl adjacent to an activating group) is 1. The summed E-state index contributed by atoms with van der Waals surface area (Å²) < 4.78 is 13.4. The van der Waals surface area contributed by atoms with Gasteiger partial charge in [0.15, 0.2) is 0 Å². The van der Waals surface area contributed by atoms with Crippen molar-refractivity contribution in [1.82, 2.24) is 5.32 Å². The SMILES string of the molecule is CNCC1=C(c2ccc3cc(F)ccc3c2)[C@@H]2CC[C@@H](C1)C2. The number of benzene rings is 2. The average Bonchev–Trinajstić information content (AvgIpc) is 2.89. The van der Waals surface area contributed by atoms with Gasteiger partial charge in [0.25, 0.3) is 0 Å². The van der Waals surface area contributed by atoms with Crippen molar-refractivity contribution in [1.29, 1.82) is 0 Å². The molecular weight excluding hydrogens is 273 g/mol. The van der Waals surface area contributed by atoms with Crippen molar-refractivity contribution >= 4 is 16.3 Å². The second kappa shape index (κ2) is 5.51. The van der Waals surface area contributed by atoms with Crippen LogP contribution in [0.5, 0.6) is 0 Å². The molecule has 0 aliphatic heterocycles. The summed E-state index contributed by atoms with van der Waals surface area (Å²) in [5.41, 5.74) is 4.49. The molecule has 0 radical (unpaired) electrons. The van der Waals surface area contributed by atoms with Crippen LogP contribution in [-0.2, 0) is 0 Å². The summed E-state index contributed by atoms with van der Waals surface area (Å²) in [5.74, 6) is 1.46. The fourth-order valence-electron chi connectivity index (χ4n) is 4.47. The summed E-state index contributed by atoms with van der Waals surface area (Å²) >= 11 is 0. The van der Waals surface area contributed by atoms with Gasteiger partial charge in [0, 0.05) is 6.54 Å². The molecule has 0 unspecified atom stereocenters. The first-order valence-electron chi connectivity index (χ1n) is 8.31. The van der Waals surface area contributed by atoms with Gasteiger partial charge in [0.05, 0.1) is 0 Å². The normalized spacial score (nSPS) is 24.3. The summed E-state index contributed by atoms with van der Waals surface area (Å²) in [6.45, 7) is 0.990. The third kappa shape index (κ3) is 2.36. The van der Waals surface area contributed by atoms with Crippen molar-refractivity contribution in [3.8, 4) is 0 Å². The van der Waals surface area contributed by atoms with Gasteiger partial charge in [-0.3, -0.25) is 0 Å². The molecule has 114 valence electrons. The lowest BCUT2D eigenvalue weighted by Crippen LogP contribution is -2.19. The lowest BCUT2D eigenvalue weighted by Gasteiger charge is -2.27. The van der Waals surface area contributed by atoms with Crippen molar-refractivity contribution in [2.24, 2.45) is 11.8 Å². The summed E-state index contributed by atoms with van der Waals surface area (Å²) in [4.78, 5) is 0. The van der Waals surface area contributed by atoms with E-state index < -0.39 is 0 Å². The van der Waals surface area contributed by atoms with Crippen LogP contribution in [0.15, 0.2) is 42.0 Å². The van der Waals surface area contributed by atoms with Crippen LogP contribution < -0.4 is 5.32 Å². The molecule has 22 heavy (non-hydrogen) atoms. The Bertz CT molecular complexity index is 746. The number of rotatable bonds is 3. The Balaban J connectivity index is 1.82. The van der Waals surface area contributed by atoms with Crippen LogP contribution in [0.1, 0.15) is 31.2 Å². The number of allylic oxidation sites excluding steroid dienone is 1. The molecule has 2 heteroatoms. The fourth-order valence-corrected chi connectivity index (χ4v) is 4.47. The first-order chi connectivity index (χ1) is 10.7. The van der Waals surface area contributed by atoms with Crippen LogP contribution in [0.2, 0.25) is 0 Å². The van der Waals surface area contributed by atoms with Gasteiger partial charge < -0.3 is 5.32 Å². The number of nitrogens with one attached hydrogen (secondary N) is 1. The number of halogens is 1. The van der Waals surface area contributed by atoms with E-state index >= 15 is 0 Å². The Labute approximate surface area is 131 Å². The molecule has 2 bridgehead atoms. The van der Waals surface area contributed by atoms with Gasteiger partial charge in [-0.05, 0) is 84.7 Å². The van der Waals surface area contributed by atoms with Crippen LogP contribution in [0.25, 0.3) is 16.3 Å². The highest BCUT2D eigenvalue weighted by atomic mass is 19.1. The first-order valence-corrected chi connectivity index (χ1v) is 8.31. The van der Waals surface area contributed by atoms with E-state index in [1.54, 1.807) is 23.3 Å².